The van der Waals surface area contributed by atoms with E-state index in [2.05, 4.69) is 10.3 Å². The van der Waals surface area contributed by atoms with Gasteiger partial charge in [0.05, 0.1) is 14.9 Å². The van der Waals surface area contributed by atoms with Crippen molar-refractivity contribution in [2.45, 2.75) is 13.5 Å². The standard InChI is InChI=1S/C13H13FIN3/c1-8-6-17-3-2-9(8)7-18-13-4-10(14)11(15)5-12(13)16/h2-6,18H,7,16H2,1H3. The van der Waals surface area contributed by atoms with Gasteiger partial charge in [-0.15, -0.1) is 0 Å². The van der Waals surface area contributed by atoms with E-state index in [0.717, 1.165) is 11.1 Å². The number of pyridine rings is 1. The molecule has 3 N–H and O–H groups in total. The molecule has 0 unspecified atom stereocenters. The minimum absolute atomic E-state index is 0.265. The first-order chi connectivity index (χ1) is 8.58. The number of hydrogen-bond donors (Lipinski definition) is 2. The lowest BCUT2D eigenvalue weighted by Crippen LogP contribution is -2.05. The molecule has 18 heavy (non-hydrogen) atoms. The van der Waals surface area contributed by atoms with Crippen LogP contribution in [0.3, 0.4) is 0 Å². The number of halogens is 2. The molecule has 0 saturated heterocycles. The van der Waals surface area contributed by atoms with Crippen LogP contribution in [-0.2, 0) is 6.54 Å². The van der Waals surface area contributed by atoms with Gasteiger partial charge in [0.15, 0.2) is 0 Å². The molecule has 0 saturated carbocycles. The molecule has 2 aromatic rings. The number of aromatic nitrogens is 1. The van der Waals surface area contributed by atoms with E-state index in [0.29, 0.717) is 21.5 Å². The molecule has 3 nitrogen and oxygen atoms in total. The summed E-state index contributed by atoms with van der Waals surface area (Å²) in [7, 11) is 0. The number of nitrogens with two attached hydrogens (primary N) is 1. The number of nitrogens with one attached hydrogen (secondary N) is 1. The normalized spacial score (nSPS) is 10.4. The van der Waals surface area contributed by atoms with Gasteiger partial charge < -0.3 is 11.1 Å². The fourth-order valence-corrected chi connectivity index (χ4v) is 2.10. The molecule has 1 aromatic carbocycles. The topological polar surface area (TPSA) is 50.9 Å². The summed E-state index contributed by atoms with van der Waals surface area (Å²) in [6.07, 6.45) is 3.54. The quantitative estimate of drug-likeness (QED) is 0.655. The van der Waals surface area contributed by atoms with E-state index >= 15 is 0 Å². The van der Waals surface area contributed by atoms with Crippen molar-refractivity contribution in [3.8, 4) is 0 Å². The van der Waals surface area contributed by atoms with Crippen LogP contribution in [0.5, 0.6) is 0 Å². The molecule has 2 rings (SSSR count). The zero-order chi connectivity index (χ0) is 13.1. The number of aryl methyl sites for hydroxylation is 1. The van der Waals surface area contributed by atoms with Crippen molar-refractivity contribution >= 4 is 34.0 Å². The highest BCUT2D eigenvalue weighted by Crippen LogP contribution is 2.24. The Balaban J connectivity index is 2.16. The predicted octanol–water partition coefficient (Wildman–Crippen LogP) is 3.33. The molecule has 0 amide bonds. The Labute approximate surface area is 119 Å². The van der Waals surface area contributed by atoms with Gasteiger partial charge in [-0.25, -0.2) is 4.39 Å². The van der Waals surface area contributed by atoms with Crippen molar-refractivity contribution in [1.29, 1.82) is 0 Å². The summed E-state index contributed by atoms with van der Waals surface area (Å²) in [5.41, 5.74) is 9.22. The van der Waals surface area contributed by atoms with Gasteiger partial charge in [-0.3, -0.25) is 4.98 Å². The fraction of sp³-hybridized carbons (Fsp3) is 0.154. The highest BCUT2D eigenvalue weighted by atomic mass is 127. The molecule has 0 bridgehead atoms. The van der Waals surface area contributed by atoms with Gasteiger partial charge in [0.2, 0.25) is 0 Å². The average Bonchev–Trinajstić information content (AvgIpc) is 2.34. The smallest absolute Gasteiger partial charge is 0.138 e. The Hall–Kier alpha value is -1.37. The van der Waals surface area contributed by atoms with Crippen LogP contribution < -0.4 is 11.1 Å². The van der Waals surface area contributed by atoms with Gasteiger partial charge in [0.1, 0.15) is 5.82 Å². The zero-order valence-electron chi connectivity index (χ0n) is 9.87. The number of rotatable bonds is 3. The van der Waals surface area contributed by atoms with E-state index < -0.39 is 0 Å². The van der Waals surface area contributed by atoms with Crippen molar-refractivity contribution in [2.75, 3.05) is 11.1 Å². The predicted molar refractivity (Wildman–Crippen MR) is 79.8 cm³/mol. The summed E-state index contributed by atoms with van der Waals surface area (Å²) in [6.45, 7) is 2.58. The van der Waals surface area contributed by atoms with Crippen LogP contribution in [-0.4, -0.2) is 4.98 Å². The Morgan fingerprint density at radius 1 is 1.44 bits per heavy atom. The van der Waals surface area contributed by atoms with Crippen LogP contribution in [0.1, 0.15) is 11.1 Å². The SMILES string of the molecule is Cc1cnccc1CNc1cc(F)c(I)cc1N. The lowest BCUT2D eigenvalue weighted by molar-refractivity contribution is 0.621. The van der Waals surface area contributed by atoms with Crippen molar-refractivity contribution in [2.24, 2.45) is 0 Å². The van der Waals surface area contributed by atoms with E-state index in [4.69, 9.17) is 5.73 Å². The van der Waals surface area contributed by atoms with Gasteiger partial charge >= 0.3 is 0 Å². The summed E-state index contributed by atoms with van der Waals surface area (Å²) >= 11 is 1.92. The minimum Gasteiger partial charge on any atom is -0.397 e. The molecule has 5 heteroatoms. The monoisotopic (exact) mass is 357 g/mol. The highest BCUT2D eigenvalue weighted by molar-refractivity contribution is 14.1. The Bertz CT molecular complexity index is 572. The van der Waals surface area contributed by atoms with Gasteiger partial charge in [0.25, 0.3) is 0 Å². The minimum atomic E-state index is -0.265. The molecule has 0 spiro atoms. The van der Waals surface area contributed by atoms with Crippen molar-refractivity contribution < 1.29 is 4.39 Å². The highest BCUT2D eigenvalue weighted by Gasteiger charge is 2.06. The van der Waals surface area contributed by atoms with Crippen LogP contribution in [0.2, 0.25) is 0 Å². The number of nitrogens with zero attached hydrogens (tertiary/aromatic N) is 1. The number of nitrogen functional groups attached to an aromatic ring is 1. The molecular weight excluding hydrogens is 344 g/mol. The van der Waals surface area contributed by atoms with Crippen LogP contribution in [0, 0.1) is 16.3 Å². The second kappa shape index (κ2) is 5.51. The second-order valence-electron chi connectivity index (χ2n) is 4.01. The molecule has 1 heterocycles. The van der Waals surface area contributed by atoms with Gasteiger partial charge in [0, 0.05) is 25.0 Å². The van der Waals surface area contributed by atoms with E-state index in [1.54, 1.807) is 18.5 Å². The van der Waals surface area contributed by atoms with E-state index in [-0.39, 0.29) is 5.82 Å². The van der Waals surface area contributed by atoms with Crippen molar-refractivity contribution in [3.05, 3.63) is 51.1 Å². The lowest BCUT2D eigenvalue weighted by atomic mass is 10.1. The molecule has 0 aliphatic rings. The van der Waals surface area contributed by atoms with Crippen molar-refractivity contribution in [1.82, 2.24) is 4.98 Å². The number of hydrogen-bond acceptors (Lipinski definition) is 3. The molecule has 0 fully saturated rings. The van der Waals surface area contributed by atoms with Gasteiger partial charge in [-0.05, 0) is 52.8 Å². The van der Waals surface area contributed by atoms with Crippen LogP contribution in [0.15, 0.2) is 30.6 Å². The summed E-state index contributed by atoms with van der Waals surface area (Å²) in [4.78, 5) is 4.03. The molecule has 94 valence electrons. The van der Waals surface area contributed by atoms with Crippen LogP contribution in [0.25, 0.3) is 0 Å². The Morgan fingerprint density at radius 3 is 2.94 bits per heavy atom. The lowest BCUT2D eigenvalue weighted by Gasteiger charge is -2.11. The summed E-state index contributed by atoms with van der Waals surface area (Å²) in [5, 5.41) is 3.14. The fourth-order valence-electron chi connectivity index (χ4n) is 1.61. The Morgan fingerprint density at radius 2 is 2.22 bits per heavy atom. The third-order valence-electron chi connectivity index (χ3n) is 2.70. The maximum Gasteiger partial charge on any atom is 0.138 e. The maximum absolute atomic E-state index is 13.5. The molecule has 0 radical (unpaired) electrons. The molecule has 0 atom stereocenters. The third kappa shape index (κ3) is 2.90. The average molecular weight is 357 g/mol. The van der Waals surface area contributed by atoms with E-state index in [9.17, 15) is 4.39 Å². The Kier molecular flexibility index (Phi) is 4.00. The number of benzene rings is 1. The first-order valence-corrected chi connectivity index (χ1v) is 6.53. The second-order valence-corrected chi connectivity index (χ2v) is 5.17. The molecule has 0 aliphatic heterocycles. The van der Waals surface area contributed by atoms with Crippen LogP contribution >= 0.6 is 22.6 Å². The zero-order valence-corrected chi connectivity index (χ0v) is 12.0. The van der Waals surface area contributed by atoms with Gasteiger partial charge in [-0.1, -0.05) is 0 Å². The number of anilines is 2. The van der Waals surface area contributed by atoms with Crippen molar-refractivity contribution in [3.63, 3.8) is 0 Å². The van der Waals surface area contributed by atoms with E-state index in [1.165, 1.54) is 6.07 Å². The maximum atomic E-state index is 13.5. The van der Waals surface area contributed by atoms with E-state index in [1.807, 2.05) is 35.6 Å². The molecular formula is C13H13FIN3. The van der Waals surface area contributed by atoms with Crippen LogP contribution in [0.4, 0.5) is 15.8 Å². The summed E-state index contributed by atoms with van der Waals surface area (Å²) in [6, 6.07) is 4.98. The summed E-state index contributed by atoms with van der Waals surface area (Å²) < 4.78 is 14.0. The molecule has 0 aliphatic carbocycles. The third-order valence-corrected chi connectivity index (χ3v) is 3.52. The summed E-state index contributed by atoms with van der Waals surface area (Å²) in [5.74, 6) is -0.265. The molecule has 1 aromatic heterocycles. The first kappa shape index (κ1) is 13.1. The first-order valence-electron chi connectivity index (χ1n) is 5.46. The van der Waals surface area contributed by atoms with Gasteiger partial charge in [-0.2, -0.15) is 0 Å². The largest absolute Gasteiger partial charge is 0.397 e.